The van der Waals surface area contributed by atoms with E-state index in [1.54, 1.807) is 23.2 Å². The van der Waals surface area contributed by atoms with Crippen LogP contribution in [0.25, 0.3) is 28.5 Å². The molecule has 0 amide bonds. The number of aromatic nitrogens is 5. The van der Waals surface area contributed by atoms with E-state index >= 15 is 0 Å². The highest BCUT2D eigenvalue weighted by atomic mass is 32.1. The van der Waals surface area contributed by atoms with Crippen molar-refractivity contribution in [1.29, 1.82) is 0 Å². The monoisotopic (exact) mass is 295 g/mol. The molecule has 21 heavy (non-hydrogen) atoms. The summed E-state index contributed by atoms with van der Waals surface area (Å²) in [6, 6.07) is 7.53. The summed E-state index contributed by atoms with van der Waals surface area (Å²) in [7, 11) is 0. The molecule has 0 saturated heterocycles. The molecule has 0 N–H and O–H groups in total. The smallest absolute Gasteiger partial charge is 0.235 e. The molecule has 7 heteroatoms. The molecule has 0 bridgehead atoms. The molecule has 4 heterocycles. The van der Waals surface area contributed by atoms with E-state index in [-0.39, 0.29) is 0 Å². The summed E-state index contributed by atoms with van der Waals surface area (Å²) in [5.41, 5.74) is 0.886. The van der Waals surface area contributed by atoms with Crippen molar-refractivity contribution in [2.24, 2.45) is 0 Å². The zero-order chi connectivity index (χ0) is 14.1. The van der Waals surface area contributed by atoms with Crippen LogP contribution < -0.4 is 0 Å². The third kappa shape index (κ3) is 2.23. The lowest BCUT2D eigenvalue weighted by atomic mass is 10.3. The van der Waals surface area contributed by atoms with E-state index in [0.29, 0.717) is 5.82 Å². The molecule has 4 rings (SSSR count). The number of hydrogen-bond donors (Lipinski definition) is 0. The standard InChI is InChI=1S/C14H9N5OS/c1-3-10(9-15-7-1)13-16-17-14-19(13)18-12(21-14)6-5-11-4-2-8-20-11/h1-9H/b6-5+. The second kappa shape index (κ2) is 4.95. The molecule has 0 aliphatic heterocycles. The Labute approximate surface area is 123 Å². The largest absolute Gasteiger partial charge is 0.465 e. The molecular formula is C14H9N5OS. The van der Waals surface area contributed by atoms with Crippen molar-refractivity contribution in [2.75, 3.05) is 0 Å². The van der Waals surface area contributed by atoms with Crippen LogP contribution in [0, 0.1) is 0 Å². The molecule has 0 aliphatic carbocycles. The van der Waals surface area contributed by atoms with Gasteiger partial charge in [0.2, 0.25) is 4.96 Å². The first-order valence-electron chi connectivity index (χ1n) is 6.24. The minimum Gasteiger partial charge on any atom is -0.465 e. The Bertz CT molecular complexity index is 892. The molecule has 0 aromatic carbocycles. The quantitative estimate of drug-likeness (QED) is 0.581. The molecule has 4 aromatic rings. The molecule has 0 aliphatic rings. The van der Waals surface area contributed by atoms with Crippen LogP contribution in [0.3, 0.4) is 0 Å². The number of rotatable bonds is 3. The van der Waals surface area contributed by atoms with E-state index in [1.165, 1.54) is 11.3 Å². The molecule has 0 atom stereocenters. The van der Waals surface area contributed by atoms with Crippen molar-refractivity contribution < 1.29 is 4.42 Å². The minimum atomic E-state index is 0.687. The summed E-state index contributed by atoms with van der Waals surface area (Å²) < 4.78 is 6.98. The molecular weight excluding hydrogens is 286 g/mol. The first kappa shape index (κ1) is 12.0. The van der Waals surface area contributed by atoms with Crippen molar-refractivity contribution in [2.45, 2.75) is 0 Å². The summed E-state index contributed by atoms with van der Waals surface area (Å²) in [5.74, 6) is 1.47. The number of fused-ring (bicyclic) bond motifs is 1. The minimum absolute atomic E-state index is 0.687. The molecule has 6 nitrogen and oxygen atoms in total. The van der Waals surface area contributed by atoms with Gasteiger partial charge in [-0.2, -0.15) is 9.61 Å². The number of furan rings is 1. The third-order valence-corrected chi connectivity index (χ3v) is 3.72. The molecule has 102 valence electrons. The summed E-state index contributed by atoms with van der Waals surface area (Å²) in [6.07, 6.45) is 8.87. The van der Waals surface area contributed by atoms with E-state index in [1.807, 2.05) is 36.4 Å². The normalized spacial score (nSPS) is 11.6. The van der Waals surface area contributed by atoms with E-state index in [2.05, 4.69) is 20.3 Å². The van der Waals surface area contributed by atoms with E-state index < -0.39 is 0 Å². The van der Waals surface area contributed by atoms with Crippen molar-refractivity contribution in [3.8, 4) is 11.4 Å². The number of pyridine rings is 1. The first-order valence-corrected chi connectivity index (χ1v) is 7.06. The predicted molar refractivity (Wildman–Crippen MR) is 79.5 cm³/mol. The molecule has 0 saturated carbocycles. The van der Waals surface area contributed by atoms with E-state index in [9.17, 15) is 0 Å². The van der Waals surface area contributed by atoms with Crippen LogP contribution in [-0.4, -0.2) is 24.8 Å². The van der Waals surface area contributed by atoms with Gasteiger partial charge >= 0.3 is 0 Å². The fraction of sp³-hybridized carbons (Fsp3) is 0. The molecule has 0 spiro atoms. The van der Waals surface area contributed by atoms with E-state index in [0.717, 1.165) is 21.3 Å². The zero-order valence-corrected chi connectivity index (χ0v) is 11.6. The molecule has 0 fully saturated rings. The summed E-state index contributed by atoms with van der Waals surface area (Å²) in [4.78, 5) is 4.84. The van der Waals surface area contributed by atoms with Crippen molar-refractivity contribution in [3.05, 3.63) is 53.7 Å². The van der Waals surface area contributed by atoms with Gasteiger partial charge in [0.1, 0.15) is 10.8 Å². The first-order chi connectivity index (χ1) is 10.4. The Balaban J connectivity index is 1.73. The maximum atomic E-state index is 5.25. The van der Waals surface area contributed by atoms with Crippen LogP contribution in [0.2, 0.25) is 0 Å². The Morgan fingerprint density at radius 1 is 1.14 bits per heavy atom. The van der Waals surface area contributed by atoms with Crippen LogP contribution in [0.1, 0.15) is 10.8 Å². The number of hydrogen-bond acceptors (Lipinski definition) is 6. The van der Waals surface area contributed by atoms with Crippen LogP contribution in [-0.2, 0) is 0 Å². The summed E-state index contributed by atoms with van der Waals surface area (Å²) >= 11 is 1.46. The highest BCUT2D eigenvalue weighted by Crippen LogP contribution is 2.21. The van der Waals surface area contributed by atoms with E-state index in [4.69, 9.17) is 4.42 Å². The van der Waals surface area contributed by atoms with Crippen molar-refractivity contribution in [3.63, 3.8) is 0 Å². The Morgan fingerprint density at radius 3 is 2.95 bits per heavy atom. The lowest BCUT2D eigenvalue weighted by Gasteiger charge is -1.94. The van der Waals surface area contributed by atoms with Gasteiger partial charge in [-0.1, -0.05) is 11.3 Å². The van der Waals surface area contributed by atoms with Gasteiger partial charge in [-0.15, -0.1) is 10.2 Å². The van der Waals surface area contributed by atoms with Gasteiger partial charge in [0.25, 0.3) is 0 Å². The zero-order valence-electron chi connectivity index (χ0n) is 10.7. The van der Waals surface area contributed by atoms with Gasteiger partial charge in [0, 0.05) is 18.0 Å². The third-order valence-electron chi connectivity index (χ3n) is 2.86. The molecule has 0 unspecified atom stereocenters. The summed E-state index contributed by atoms with van der Waals surface area (Å²) in [5, 5.41) is 13.6. The van der Waals surface area contributed by atoms with Crippen LogP contribution in [0.5, 0.6) is 0 Å². The summed E-state index contributed by atoms with van der Waals surface area (Å²) in [6.45, 7) is 0. The number of nitrogens with zero attached hydrogens (tertiary/aromatic N) is 5. The maximum Gasteiger partial charge on any atom is 0.235 e. The average molecular weight is 295 g/mol. The highest BCUT2D eigenvalue weighted by molar-refractivity contribution is 7.17. The Hall–Kier alpha value is -2.80. The van der Waals surface area contributed by atoms with Crippen molar-refractivity contribution >= 4 is 28.4 Å². The van der Waals surface area contributed by atoms with Gasteiger partial charge in [-0.3, -0.25) is 4.98 Å². The Kier molecular flexibility index (Phi) is 2.82. The lowest BCUT2D eigenvalue weighted by molar-refractivity contribution is 0.557. The van der Waals surface area contributed by atoms with Gasteiger partial charge in [-0.05, 0) is 36.4 Å². The second-order valence-electron chi connectivity index (χ2n) is 4.25. The maximum absolute atomic E-state index is 5.25. The Morgan fingerprint density at radius 2 is 2.14 bits per heavy atom. The van der Waals surface area contributed by atoms with Gasteiger partial charge < -0.3 is 4.42 Å². The highest BCUT2D eigenvalue weighted by Gasteiger charge is 2.12. The SMILES string of the molecule is C(=C\c1nn2c(-c3cccnc3)nnc2s1)/c1ccco1. The topological polar surface area (TPSA) is 69.1 Å². The predicted octanol–water partition coefficient (Wildman–Crippen LogP) is 3.01. The van der Waals surface area contributed by atoms with Crippen molar-refractivity contribution in [1.82, 2.24) is 24.8 Å². The van der Waals surface area contributed by atoms with Gasteiger partial charge in [0.05, 0.1) is 6.26 Å². The van der Waals surface area contributed by atoms with Gasteiger partial charge in [0.15, 0.2) is 5.82 Å². The molecule has 0 radical (unpaired) electrons. The van der Waals surface area contributed by atoms with Crippen LogP contribution in [0.4, 0.5) is 0 Å². The molecule has 4 aromatic heterocycles. The average Bonchev–Trinajstić information content (AvgIpc) is 3.22. The second-order valence-corrected chi connectivity index (χ2v) is 5.24. The van der Waals surface area contributed by atoms with Gasteiger partial charge in [-0.25, -0.2) is 0 Å². The van der Waals surface area contributed by atoms with Crippen LogP contribution in [0.15, 0.2) is 47.3 Å². The fourth-order valence-electron chi connectivity index (χ4n) is 1.91. The fourth-order valence-corrected chi connectivity index (χ4v) is 2.65. The lowest BCUT2D eigenvalue weighted by Crippen LogP contribution is -1.90. The van der Waals surface area contributed by atoms with Crippen LogP contribution >= 0.6 is 11.3 Å².